The second kappa shape index (κ2) is 10.00. The Bertz CT molecular complexity index is 325. The van der Waals surface area contributed by atoms with Gasteiger partial charge in [-0.15, -0.1) is 0 Å². The second-order valence-corrected chi connectivity index (χ2v) is 8.08. The van der Waals surface area contributed by atoms with Gasteiger partial charge in [0.1, 0.15) is 0 Å². The summed E-state index contributed by atoms with van der Waals surface area (Å²) < 4.78 is 19.9. The molecule has 0 spiro atoms. The third-order valence-electron chi connectivity index (χ3n) is 3.53. The number of rotatable bonds is 1. The Morgan fingerprint density at radius 3 is 1.47 bits per heavy atom. The standard InChI is InChI=1S/C10H20N.C3H7O2S.2Y/c1-9(2)7-6-8-10(3,4)11(9)5;1-3-6(2,4)5;;/h6H,7-8H2,1-5H3;3H,1-2H3;;/q2*-1;;. The van der Waals surface area contributed by atoms with Crippen LogP contribution in [-0.2, 0) is 75.3 Å². The number of hydrogen-bond acceptors (Lipinski definition) is 3. The van der Waals surface area contributed by atoms with Gasteiger partial charge in [-0.05, 0) is 45.8 Å². The van der Waals surface area contributed by atoms with Crippen LogP contribution >= 0.6 is 0 Å². The van der Waals surface area contributed by atoms with Crippen molar-refractivity contribution in [1.82, 2.24) is 4.90 Å². The maximum absolute atomic E-state index is 9.94. The van der Waals surface area contributed by atoms with Gasteiger partial charge in [0.15, 0.2) is 0 Å². The molecular formula is C13H27NO2SY2-2. The zero-order valence-corrected chi connectivity index (χ0v) is 19.9. The SMILES string of the molecule is CN1C(C)(C)C[CH-]CC1(C)C.C[CH-]S(C)(=O)=O.[Y].[Y]. The maximum Gasteiger partial charge on any atom is 0.0208 e. The molecule has 0 saturated carbocycles. The minimum atomic E-state index is -2.79. The summed E-state index contributed by atoms with van der Waals surface area (Å²) in [6.45, 7) is 10.7. The first-order chi connectivity index (χ1) is 7.42. The van der Waals surface area contributed by atoms with Crippen LogP contribution in [0.5, 0.6) is 0 Å². The van der Waals surface area contributed by atoms with Crippen molar-refractivity contribution < 1.29 is 73.8 Å². The molecule has 0 atom stereocenters. The Morgan fingerprint density at radius 1 is 1.05 bits per heavy atom. The fourth-order valence-corrected chi connectivity index (χ4v) is 1.87. The van der Waals surface area contributed by atoms with Crippen molar-refractivity contribution in [2.45, 2.75) is 58.5 Å². The van der Waals surface area contributed by atoms with Crippen molar-refractivity contribution in [3.8, 4) is 0 Å². The predicted octanol–water partition coefficient (Wildman–Crippen LogP) is 2.68. The quantitative estimate of drug-likeness (QED) is 0.590. The van der Waals surface area contributed by atoms with Gasteiger partial charge in [-0.1, -0.05) is 0 Å². The fraction of sp³-hybridized carbons (Fsp3) is 0.846. The molecule has 19 heavy (non-hydrogen) atoms. The van der Waals surface area contributed by atoms with E-state index in [1.54, 1.807) is 0 Å². The molecule has 0 N–H and O–H groups in total. The largest absolute Gasteiger partial charge is 0.325 e. The molecule has 0 aromatic heterocycles. The second-order valence-electron chi connectivity index (χ2n) is 5.95. The summed E-state index contributed by atoms with van der Waals surface area (Å²) >= 11 is 0. The molecule has 1 rings (SSSR count). The first-order valence-corrected chi connectivity index (χ1v) is 7.93. The van der Waals surface area contributed by atoms with Crippen LogP contribution < -0.4 is 0 Å². The van der Waals surface area contributed by atoms with Crippen LogP contribution in [0, 0.1) is 12.2 Å². The van der Waals surface area contributed by atoms with Crippen LogP contribution in [-0.4, -0.2) is 37.7 Å². The van der Waals surface area contributed by atoms with Crippen LogP contribution in [0.15, 0.2) is 0 Å². The van der Waals surface area contributed by atoms with Crippen LogP contribution in [0.4, 0.5) is 0 Å². The van der Waals surface area contributed by atoms with Gasteiger partial charge < -0.3 is 11.3 Å². The molecule has 1 saturated heterocycles. The third kappa shape index (κ3) is 10.5. The van der Waals surface area contributed by atoms with Crippen molar-refractivity contribution in [2.24, 2.45) is 0 Å². The molecule has 1 aliphatic rings. The molecule has 1 aliphatic heterocycles. The predicted molar refractivity (Wildman–Crippen MR) is 74.3 cm³/mol. The Balaban J connectivity index is -0.000000282. The van der Waals surface area contributed by atoms with E-state index in [-0.39, 0.29) is 65.4 Å². The van der Waals surface area contributed by atoms with Gasteiger partial charge in [-0.3, -0.25) is 8.42 Å². The molecule has 1 fully saturated rings. The summed E-state index contributed by atoms with van der Waals surface area (Å²) in [7, 11) is -0.558. The number of likely N-dealkylation sites (tertiary alicyclic amines) is 1. The van der Waals surface area contributed by atoms with E-state index in [9.17, 15) is 8.42 Å². The van der Waals surface area contributed by atoms with Crippen molar-refractivity contribution in [1.29, 1.82) is 0 Å². The molecule has 0 unspecified atom stereocenters. The Labute approximate surface area is 170 Å². The number of nitrogens with zero attached hydrogens (tertiary/aromatic N) is 1. The van der Waals surface area contributed by atoms with Crippen molar-refractivity contribution >= 4 is 9.84 Å². The average molecular weight is 439 g/mol. The Kier molecular flexibility index (Phi) is 13.7. The van der Waals surface area contributed by atoms with E-state index < -0.39 is 9.84 Å². The first kappa shape index (κ1) is 26.0. The van der Waals surface area contributed by atoms with Crippen molar-refractivity contribution in [3.05, 3.63) is 12.2 Å². The van der Waals surface area contributed by atoms with E-state index >= 15 is 0 Å². The van der Waals surface area contributed by atoms with E-state index in [4.69, 9.17) is 0 Å². The summed E-state index contributed by atoms with van der Waals surface area (Å²) in [5.41, 5.74) is 0.698. The first-order valence-electron chi connectivity index (χ1n) is 5.97. The van der Waals surface area contributed by atoms with E-state index in [0.29, 0.717) is 11.1 Å². The van der Waals surface area contributed by atoms with Gasteiger partial charge in [0.25, 0.3) is 0 Å². The molecule has 3 nitrogen and oxygen atoms in total. The minimum absolute atomic E-state index is 0. The number of hydrogen-bond donors (Lipinski definition) is 0. The van der Waals surface area contributed by atoms with Crippen LogP contribution in [0.1, 0.15) is 47.5 Å². The summed E-state index contributed by atoms with van der Waals surface area (Å²) in [5.74, 6) is 1.16. The summed E-state index contributed by atoms with van der Waals surface area (Å²) in [5, 5.41) is 0. The Hall–Kier alpha value is 2.12. The molecule has 0 amide bonds. The van der Waals surface area contributed by atoms with Crippen molar-refractivity contribution in [2.75, 3.05) is 13.3 Å². The monoisotopic (exact) mass is 439 g/mol. The normalized spacial score (nSPS) is 21.2. The number of piperidine rings is 1. The van der Waals surface area contributed by atoms with Crippen LogP contribution in [0.25, 0.3) is 0 Å². The minimum Gasteiger partial charge on any atom is -0.325 e. The van der Waals surface area contributed by atoms with E-state index in [2.05, 4.69) is 46.1 Å². The summed E-state index contributed by atoms with van der Waals surface area (Å²) in [6, 6.07) is 0. The topological polar surface area (TPSA) is 37.4 Å². The van der Waals surface area contributed by atoms with Gasteiger partial charge in [0, 0.05) is 81.5 Å². The van der Waals surface area contributed by atoms with Crippen LogP contribution in [0.3, 0.4) is 0 Å². The summed E-state index contributed by atoms with van der Waals surface area (Å²) in [6.07, 6.45) is 6.01. The fourth-order valence-electron chi connectivity index (χ4n) is 1.87. The van der Waals surface area contributed by atoms with Gasteiger partial charge in [-0.25, -0.2) is 5.75 Å². The van der Waals surface area contributed by atoms with Gasteiger partial charge in [-0.2, -0.15) is 19.8 Å². The van der Waals surface area contributed by atoms with Crippen molar-refractivity contribution in [3.63, 3.8) is 0 Å². The molecule has 0 aromatic rings. The molecule has 2 radical (unpaired) electrons. The van der Waals surface area contributed by atoms with Crippen LogP contribution in [0.2, 0.25) is 0 Å². The zero-order valence-electron chi connectivity index (χ0n) is 13.4. The van der Waals surface area contributed by atoms with Gasteiger partial charge >= 0.3 is 0 Å². The van der Waals surface area contributed by atoms with E-state index in [0.717, 1.165) is 12.0 Å². The zero-order chi connectivity index (χ0) is 13.9. The molecule has 0 aromatic carbocycles. The third-order valence-corrected chi connectivity index (χ3v) is 4.39. The van der Waals surface area contributed by atoms with Gasteiger partial charge in [0.05, 0.1) is 0 Å². The molecule has 110 valence electrons. The Morgan fingerprint density at radius 2 is 1.32 bits per heavy atom. The van der Waals surface area contributed by atoms with E-state index in [1.807, 2.05) is 0 Å². The molecular weight excluding hydrogens is 412 g/mol. The summed E-state index contributed by atoms with van der Waals surface area (Å²) in [4.78, 5) is 2.49. The average Bonchev–Trinajstić information content (AvgIpc) is 2.14. The van der Waals surface area contributed by atoms with E-state index in [1.165, 1.54) is 19.8 Å². The number of sulfone groups is 1. The maximum atomic E-state index is 9.94. The molecule has 0 aliphatic carbocycles. The molecule has 6 heteroatoms. The molecule has 0 bridgehead atoms. The smallest absolute Gasteiger partial charge is 0.0208 e. The molecule has 1 heterocycles. The van der Waals surface area contributed by atoms with Gasteiger partial charge in [0.2, 0.25) is 0 Å².